The molecule has 0 aromatic rings. The summed E-state index contributed by atoms with van der Waals surface area (Å²) in [5.74, 6) is 0.714. The van der Waals surface area contributed by atoms with Crippen LogP contribution in [0.3, 0.4) is 0 Å². The predicted molar refractivity (Wildman–Crippen MR) is 52.9 cm³/mol. The molecule has 0 radical (unpaired) electrons. The van der Waals surface area contributed by atoms with E-state index >= 15 is 0 Å². The Morgan fingerprint density at radius 1 is 1.36 bits per heavy atom. The van der Waals surface area contributed by atoms with Crippen LogP contribution in [0.4, 0.5) is 0 Å². The molecule has 0 bridgehead atoms. The van der Waals surface area contributed by atoms with Crippen molar-refractivity contribution >= 4 is 0 Å². The predicted octanol–water partition coefficient (Wildman–Crippen LogP) is 1.61. The van der Waals surface area contributed by atoms with Gasteiger partial charge in [-0.25, -0.2) is 0 Å². The quantitative estimate of drug-likeness (QED) is 0.695. The van der Waals surface area contributed by atoms with E-state index in [0.717, 1.165) is 12.8 Å². The van der Waals surface area contributed by atoms with Gasteiger partial charge in [0.2, 0.25) is 0 Å². The van der Waals surface area contributed by atoms with Crippen LogP contribution in [0.5, 0.6) is 0 Å². The molecule has 0 amide bonds. The summed E-state index contributed by atoms with van der Waals surface area (Å²) >= 11 is 0. The number of hydrogen-bond donors (Lipinski definition) is 1. The second kappa shape index (κ2) is 3.24. The van der Waals surface area contributed by atoms with Crippen molar-refractivity contribution in [1.82, 2.24) is 0 Å². The van der Waals surface area contributed by atoms with E-state index in [-0.39, 0.29) is 0 Å². The molecule has 2 aliphatic heterocycles. The summed E-state index contributed by atoms with van der Waals surface area (Å²) in [4.78, 5) is 0. The molecule has 0 saturated carbocycles. The standard InChI is InChI=1S/C11H18O3/c1-10(2)11(12,6-8-14-10)9-5-3-4-7-13-9/h5,12H,3-4,6-8H2,1-2H3. The highest BCUT2D eigenvalue weighted by Gasteiger charge is 2.53. The van der Waals surface area contributed by atoms with Gasteiger partial charge < -0.3 is 14.6 Å². The first kappa shape index (κ1) is 9.99. The van der Waals surface area contributed by atoms with Gasteiger partial charge in [-0.2, -0.15) is 0 Å². The minimum absolute atomic E-state index is 0.532. The third kappa shape index (κ3) is 1.35. The van der Waals surface area contributed by atoms with E-state index in [1.165, 1.54) is 0 Å². The molecule has 2 heterocycles. The van der Waals surface area contributed by atoms with Crippen molar-refractivity contribution in [2.45, 2.75) is 44.3 Å². The van der Waals surface area contributed by atoms with Gasteiger partial charge in [0, 0.05) is 6.42 Å². The van der Waals surface area contributed by atoms with Crippen LogP contribution >= 0.6 is 0 Å². The Kier molecular flexibility index (Phi) is 2.32. The fourth-order valence-corrected chi connectivity index (χ4v) is 2.14. The smallest absolute Gasteiger partial charge is 0.151 e. The highest BCUT2D eigenvalue weighted by molar-refractivity contribution is 5.20. The molecular weight excluding hydrogens is 180 g/mol. The van der Waals surface area contributed by atoms with Gasteiger partial charge in [0.05, 0.1) is 18.8 Å². The van der Waals surface area contributed by atoms with Crippen LogP contribution in [0.2, 0.25) is 0 Å². The van der Waals surface area contributed by atoms with Crippen LogP contribution < -0.4 is 0 Å². The minimum atomic E-state index is -0.923. The van der Waals surface area contributed by atoms with Crippen LogP contribution in [0.1, 0.15) is 33.1 Å². The lowest BCUT2D eigenvalue weighted by molar-refractivity contribution is -0.103. The van der Waals surface area contributed by atoms with Crippen LogP contribution in [-0.4, -0.2) is 29.5 Å². The van der Waals surface area contributed by atoms with Gasteiger partial charge in [-0.05, 0) is 32.8 Å². The van der Waals surface area contributed by atoms with Gasteiger partial charge in [-0.15, -0.1) is 0 Å². The molecule has 0 aromatic carbocycles. The van der Waals surface area contributed by atoms with Crippen molar-refractivity contribution in [3.8, 4) is 0 Å². The van der Waals surface area contributed by atoms with Gasteiger partial charge >= 0.3 is 0 Å². The fourth-order valence-electron chi connectivity index (χ4n) is 2.14. The zero-order valence-electron chi connectivity index (χ0n) is 8.88. The molecule has 1 fully saturated rings. The molecule has 2 aliphatic rings. The Morgan fingerprint density at radius 3 is 2.64 bits per heavy atom. The summed E-state index contributed by atoms with van der Waals surface area (Å²) < 4.78 is 11.1. The molecule has 80 valence electrons. The minimum Gasteiger partial charge on any atom is -0.495 e. The maximum absolute atomic E-state index is 10.5. The van der Waals surface area contributed by atoms with Crippen LogP contribution in [-0.2, 0) is 9.47 Å². The maximum Gasteiger partial charge on any atom is 0.151 e. The molecule has 3 heteroatoms. The Bertz CT molecular complexity index is 257. The van der Waals surface area contributed by atoms with Crippen molar-refractivity contribution in [1.29, 1.82) is 0 Å². The second-order valence-corrected chi connectivity index (χ2v) is 4.53. The fraction of sp³-hybridized carbons (Fsp3) is 0.818. The molecule has 1 atom stereocenters. The van der Waals surface area contributed by atoms with Gasteiger partial charge in [0.25, 0.3) is 0 Å². The maximum atomic E-state index is 10.5. The summed E-state index contributed by atoms with van der Waals surface area (Å²) in [7, 11) is 0. The second-order valence-electron chi connectivity index (χ2n) is 4.53. The molecule has 3 nitrogen and oxygen atoms in total. The van der Waals surface area contributed by atoms with E-state index in [2.05, 4.69) is 0 Å². The highest BCUT2D eigenvalue weighted by atomic mass is 16.5. The number of allylic oxidation sites excluding steroid dienone is 1. The molecule has 2 rings (SSSR count). The molecule has 1 unspecified atom stereocenters. The molecule has 0 aromatic heterocycles. The van der Waals surface area contributed by atoms with Gasteiger partial charge in [-0.1, -0.05) is 0 Å². The lowest BCUT2D eigenvalue weighted by Gasteiger charge is -2.37. The summed E-state index contributed by atoms with van der Waals surface area (Å²) in [6, 6.07) is 0. The lowest BCUT2D eigenvalue weighted by atomic mass is 9.83. The Hall–Kier alpha value is -0.540. The van der Waals surface area contributed by atoms with E-state index < -0.39 is 11.2 Å². The topological polar surface area (TPSA) is 38.7 Å². The molecule has 1 N–H and O–H groups in total. The first-order chi connectivity index (χ1) is 6.56. The van der Waals surface area contributed by atoms with E-state index in [1.54, 1.807) is 0 Å². The first-order valence-electron chi connectivity index (χ1n) is 5.26. The van der Waals surface area contributed by atoms with E-state index in [1.807, 2.05) is 19.9 Å². The zero-order valence-corrected chi connectivity index (χ0v) is 8.88. The summed E-state index contributed by atoms with van der Waals surface area (Å²) in [6.07, 6.45) is 4.67. The third-order valence-corrected chi connectivity index (χ3v) is 3.27. The number of hydrogen-bond acceptors (Lipinski definition) is 3. The number of aliphatic hydroxyl groups is 1. The van der Waals surface area contributed by atoms with Crippen LogP contribution in [0, 0.1) is 0 Å². The van der Waals surface area contributed by atoms with Gasteiger partial charge in [0.15, 0.2) is 5.60 Å². The van der Waals surface area contributed by atoms with Crippen molar-refractivity contribution in [2.75, 3.05) is 13.2 Å². The SMILES string of the molecule is CC1(C)OCCC1(O)C1=CCCCO1. The Balaban J connectivity index is 2.26. The normalized spacial score (nSPS) is 36.4. The molecule has 14 heavy (non-hydrogen) atoms. The summed E-state index contributed by atoms with van der Waals surface area (Å²) in [5, 5.41) is 10.5. The zero-order chi connectivity index (χ0) is 10.2. The molecular formula is C11H18O3. The average Bonchev–Trinajstić information content (AvgIpc) is 2.44. The van der Waals surface area contributed by atoms with Crippen molar-refractivity contribution in [2.24, 2.45) is 0 Å². The number of rotatable bonds is 1. The largest absolute Gasteiger partial charge is 0.495 e. The summed E-state index contributed by atoms with van der Waals surface area (Å²) in [6.45, 7) is 5.14. The van der Waals surface area contributed by atoms with Crippen LogP contribution in [0.25, 0.3) is 0 Å². The van der Waals surface area contributed by atoms with Crippen molar-refractivity contribution in [3.63, 3.8) is 0 Å². The first-order valence-corrected chi connectivity index (χ1v) is 5.26. The molecule has 1 saturated heterocycles. The Labute approximate surface area is 84.7 Å². The average molecular weight is 198 g/mol. The number of ether oxygens (including phenoxy) is 2. The van der Waals surface area contributed by atoms with E-state index in [0.29, 0.717) is 25.4 Å². The highest BCUT2D eigenvalue weighted by Crippen LogP contribution is 2.42. The van der Waals surface area contributed by atoms with Crippen molar-refractivity contribution < 1.29 is 14.6 Å². The van der Waals surface area contributed by atoms with Crippen LogP contribution in [0.15, 0.2) is 11.8 Å². The third-order valence-electron chi connectivity index (χ3n) is 3.27. The lowest BCUT2D eigenvalue weighted by Crippen LogP contribution is -2.48. The molecule has 0 spiro atoms. The molecule has 0 aliphatic carbocycles. The van der Waals surface area contributed by atoms with E-state index in [9.17, 15) is 5.11 Å². The monoisotopic (exact) mass is 198 g/mol. The van der Waals surface area contributed by atoms with Crippen molar-refractivity contribution in [3.05, 3.63) is 11.8 Å². The van der Waals surface area contributed by atoms with Gasteiger partial charge in [-0.3, -0.25) is 0 Å². The Morgan fingerprint density at radius 2 is 2.14 bits per heavy atom. The van der Waals surface area contributed by atoms with E-state index in [4.69, 9.17) is 9.47 Å². The summed E-state index contributed by atoms with van der Waals surface area (Å²) in [5.41, 5.74) is -1.45. The van der Waals surface area contributed by atoms with Gasteiger partial charge in [0.1, 0.15) is 5.76 Å².